The molecule has 5 heteroatoms. The molecule has 1 unspecified atom stereocenters. The number of rotatable bonds is 5. The van der Waals surface area contributed by atoms with Gasteiger partial charge in [-0.25, -0.2) is 0 Å². The Morgan fingerprint density at radius 2 is 1.92 bits per heavy atom. The minimum absolute atomic E-state index is 0.0528. The van der Waals surface area contributed by atoms with Crippen molar-refractivity contribution < 1.29 is 9.90 Å². The van der Waals surface area contributed by atoms with E-state index in [0.29, 0.717) is 13.1 Å². The highest BCUT2D eigenvalue weighted by Gasteiger charge is 2.20. The summed E-state index contributed by atoms with van der Waals surface area (Å²) in [5.74, 6) is -0.0528. The average molecular weight is 339 g/mol. The van der Waals surface area contributed by atoms with Crippen LogP contribution in [-0.2, 0) is 4.79 Å². The summed E-state index contributed by atoms with van der Waals surface area (Å²) in [6.07, 6.45) is 1.43. The number of amides is 1. The van der Waals surface area contributed by atoms with E-state index in [1.54, 1.807) is 0 Å². The molecule has 0 saturated carbocycles. The van der Waals surface area contributed by atoms with Crippen molar-refractivity contribution in [2.75, 3.05) is 36.9 Å². The SMILES string of the molecule is CN(c1ccccc1)c1ccccc1NC(=O)CN1CCCC(O)C1. The molecule has 2 aromatic carbocycles. The van der Waals surface area contributed by atoms with Gasteiger partial charge >= 0.3 is 0 Å². The van der Waals surface area contributed by atoms with Crippen molar-refractivity contribution in [3.05, 3.63) is 54.6 Å². The number of β-amino-alcohol motifs (C(OH)–C–C–N with tert-alkyl or cyclic N) is 1. The van der Waals surface area contributed by atoms with Crippen molar-refractivity contribution in [2.45, 2.75) is 18.9 Å². The third kappa shape index (κ3) is 4.59. The van der Waals surface area contributed by atoms with Gasteiger partial charge in [0.1, 0.15) is 0 Å². The highest BCUT2D eigenvalue weighted by atomic mass is 16.3. The summed E-state index contributed by atoms with van der Waals surface area (Å²) in [7, 11) is 1.99. The Kier molecular flexibility index (Phi) is 5.68. The second-order valence-corrected chi connectivity index (χ2v) is 6.49. The van der Waals surface area contributed by atoms with Crippen LogP contribution in [0, 0.1) is 0 Å². The van der Waals surface area contributed by atoms with Crippen LogP contribution in [-0.4, -0.2) is 48.7 Å². The summed E-state index contributed by atoms with van der Waals surface area (Å²) in [5, 5.41) is 12.8. The molecule has 0 radical (unpaired) electrons. The molecule has 132 valence electrons. The maximum Gasteiger partial charge on any atom is 0.238 e. The number of piperidine rings is 1. The highest BCUT2D eigenvalue weighted by molar-refractivity contribution is 5.96. The molecule has 1 fully saturated rings. The number of para-hydroxylation sites is 3. The molecular formula is C20H25N3O2. The second kappa shape index (κ2) is 8.14. The van der Waals surface area contributed by atoms with E-state index in [9.17, 15) is 9.90 Å². The van der Waals surface area contributed by atoms with E-state index >= 15 is 0 Å². The molecule has 1 atom stereocenters. The van der Waals surface area contributed by atoms with Gasteiger partial charge in [0.2, 0.25) is 5.91 Å². The topological polar surface area (TPSA) is 55.8 Å². The number of aliphatic hydroxyl groups excluding tert-OH is 1. The number of benzene rings is 2. The number of anilines is 3. The number of carbonyl (C=O) groups excluding carboxylic acids is 1. The lowest BCUT2D eigenvalue weighted by atomic mass is 10.1. The Morgan fingerprint density at radius 3 is 2.68 bits per heavy atom. The first-order valence-corrected chi connectivity index (χ1v) is 8.71. The van der Waals surface area contributed by atoms with Crippen LogP contribution in [0.1, 0.15) is 12.8 Å². The van der Waals surface area contributed by atoms with E-state index in [1.807, 2.05) is 66.5 Å². The summed E-state index contributed by atoms with van der Waals surface area (Å²) in [6.45, 7) is 1.73. The van der Waals surface area contributed by atoms with Crippen LogP contribution >= 0.6 is 0 Å². The zero-order valence-electron chi connectivity index (χ0n) is 14.6. The standard InChI is InChI=1S/C20H25N3O2/c1-22(16-8-3-2-4-9-16)19-12-6-5-11-18(19)21-20(25)15-23-13-7-10-17(24)14-23/h2-6,8-9,11-12,17,24H,7,10,13-15H2,1H3,(H,21,25). The molecule has 2 aromatic rings. The van der Waals surface area contributed by atoms with Gasteiger partial charge in [-0.1, -0.05) is 30.3 Å². The lowest BCUT2D eigenvalue weighted by molar-refractivity contribution is -0.118. The third-order valence-electron chi connectivity index (χ3n) is 4.53. The number of hydrogen-bond acceptors (Lipinski definition) is 4. The first-order chi connectivity index (χ1) is 12.1. The van der Waals surface area contributed by atoms with E-state index in [4.69, 9.17) is 0 Å². The molecule has 0 spiro atoms. The van der Waals surface area contributed by atoms with Crippen molar-refractivity contribution in [3.8, 4) is 0 Å². The Bertz CT molecular complexity index is 705. The van der Waals surface area contributed by atoms with E-state index in [-0.39, 0.29) is 12.0 Å². The molecule has 0 bridgehead atoms. The molecule has 5 nitrogen and oxygen atoms in total. The minimum Gasteiger partial charge on any atom is -0.392 e. The van der Waals surface area contributed by atoms with Crippen LogP contribution < -0.4 is 10.2 Å². The molecule has 1 aliphatic rings. The van der Waals surface area contributed by atoms with Gasteiger partial charge in [0.05, 0.1) is 24.0 Å². The van der Waals surface area contributed by atoms with Crippen molar-refractivity contribution in [2.24, 2.45) is 0 Å². The molecule has 1 amide bonds. The zero-order chi connectivity index (χ0) is 17.6. The van der Waals surface area contributed by atoms with Gasteiger partial charge in [0.15, 0.2) is 0 Å². The monoisotopic (exact) mass is 339 g/mol. The summed E-state index contributed by atoms with van der Waals surface area (Å²) in [6, 6.07) is 17.8. The van der Waals surface area contributed by atoms with Crippen molar-refractivity contribution in [3.63, 3.8) is 0 Å². The summed E-state index contributed by atoms with van der Waals surface area (Å²) < 4.78 is 0. The maximum atomic E-state index is 12.4. The van der Waals surface area contributed by atoms with Crippen LogP contribution in [0.3, 0.4) is 0 Å². The summed E-state index contributed by atoms with van der Waals surface area (Å²) >= 11 is 0. The number of hydrogen-bond donors (Lipinski definition) is 2. The Morgan fingerprint density at radius 1 is 1.20 bits per heavy atom. The van der Waals surface area contributed by atoms with Crippen LogP contribution in [0.5, 0.6) is 0 Å². The Hall–Kier alpha value is -2.37. The van der Waals surface area contributed by atoms with E-state index < -0.39 is 0 Å². The van der Waals surface area contributed by atoms with Crippen LogP contribution in [0.15, 0.2) is 54.6 Å². The molecule has 3 rings (SSSR count). The summed E-state index contributed by atoms with van der Waals surface area (Å²) in [4.78, 5) is 16.5. The van der Waals surface area contributed by atoms with Gasteiger partial charge in [0, 0.05) is 19.3 Å². The third-order valence-corrected chi connectivity index (χ3v) is 4.53. The average Bonchev–Trinajstić information content (AvgIpc) is 2.62. The minimum atomic E-state index is -0.321. The quantitative estimate of drug-likeness (QED) is 0.879. The van der Waals surface area contributed by atoms with Gasteiger partial charge in [0.25, 0.3) is 0 Å². The summed E-state index contributed by atoms with van der Waals surface area (Å²) in [5.41, 5.74) is 2.79. The zero-order valence-corrected chi connectivity index (χ0v) is 14.6. The number of likely N-dealkylation sites (tertiary alicyclic amines) is 1. The molecule has 0 aromatic heterocycles. The van der Waals surface area contributed by atoms with E-state index in [0.717, 1.165) is 36.4 Å². The molecule has 2 N–H and O–H groups in total. The second-order valence-electron chi connectivity index (χ2n) is 6.49. The maximum absolute atomic E-state index is 12.4. The largest absolute Gasteiger partial charge is 0.392 e. The van der Waals surface area contributed by atoms with Crippen LogP contribution in [0.4, 0.5) is 17.1 Å². The molecule has 1 aliphatic heterocycles. The predicted molar refractivity (Wildman–Crippen MR) is 101 cm³/mol. The molecule has 1 saturated heterocycles. The first kappa shape index (κ1) is 17.5. The smallest absolute Gasteiger partial charge is 0.238 e. The fourth-order valence-corrected chi connectivity index (χ4v) is 3.23. The predicted octanol–water partition coefficient (Wildman–Crippen LogP) is 2.85. The Balaban J connectivity index is 1.69. The van der Waals surface area contributed by atoms with Crippen molar-refractivity contribution in [1.82, 2.24) is 4.90 Å². The van der Waals surface area contributed by atoms with Gasteiger partial charge in [-0.2, -0.15) is 0 Å². The van der Waals surface area contributed by atoms with E-state index in [2.05, 4.69) is 10.2 Å². The van der Waals surface area contributed by atoms with Crippen molar-refractivity contribution >= 4 is 23.0 Å². The van der Waals surface area contributed by atoms with Crippen LogP contribution in [0.2, 0.25) is 0 Å². The molecule has 25 heavy (non-hydrogen) atoms. The number of carbonyl (C=O) groups is 1. The lowest BCUT2D eigenvalue weighted by Crippen LogP contribution is -2.42. The molecular weight excluding hydrogens is 314 g/mol. The van der Waals surface area contributed by atoms with E-state index in [1.165, 1.54) is 0 Å². The first-order valence-electron chi connectivity index (χ1n) is 8.71. The molecule has 0 aliphatic carbocycles. The van der Waals surface area contributed by atoms with Crippen molar-refractivity contribution in [1.29, 1.82) is 0 Å². The van der Waals surface area contributed by atoms with Gasteiger partial charge < -0.3 is 15.3 Å². The lowest BCUT2D eigenvalue weighted by Gasteiger charge is -2.29. The molecule has 1 heterocycles. The fraction of sp³-hybridized carbons (Fsp3) is 0.350. The fourth-order valence-electron chi connectivity index (χ4n) is 3.23. The number of nitrogens with zero attached hydrogens (tertiary/aromatic N) is 2. The Labute approximate surface area is 148 Å². The number of aliphatic hydroxyl groups is 1. The van der Waals surface area contributed by atoms with Gasteiger partial charge in [-0.3, -0.25) is 9.69 Å². The number of nitrogens with one attached hydrogen (secondary N) is 1. The normalized spacial score (nSPS) is 17.9. The van der Waals surface area contributed by atoms with Gasteiger partial charge in [-0.05, 0) is 43.7 Å². The van der Waals surface area contributed by atoms with Crippen LogP contribution in [0.25, 0.3) is 0 Å². The van der Waals surface area contributed by atoms with Gasteiger partial charge in [-0.15, -0.1) is 0 Å². The highest BCUT2D eigenvalue weighted by Crippen LogP contribution is 2.30.